The lowest BCUT2D eigenvalue weighted by Gasteiger charge is -2.17. The minimum absolute atomic E-state index is 0.206. The zero-order chi connectivity index (χ0) is 20.5. The van der Waals surface area contributed by atoms with E-state index in [2.05, 4.69) is 10.6 Å². The molecule has 2 aromatic rings. The molecule has 1 fully saturated rings. The molecule has 2 aromatic carbocycles. The molecule has 1 saturated carbocycles. The van der Waals surface area contributed by atoms with Crippen molar-refractivity contribution in [1.29, 1.82) is 0 Å². The first-order valence-corrected chi connectivity index (χ1v) is 10.2. The van der Waals surface area contributed by atoms with Crippen LogP contribution in [0.2, 0.25) is 0 Å². The minimum Gasteiger partial charge on any atom is -0.497 e. The summed E-state index contributed by atoms with van der Waals surface area (Å²) >= 11 is 0. The van der Waals surface area contributed by atoms with Crippen molar-refractivity contribution in [3.8, 4) is 17.2 Å². The van der Waals surface area contributed by atoms with Gasteiger partial charge in [-0.1, -0.05) is 18.2 Å². The Morgan fingerprint density at radius 3 is 2.52 bits per heavy atom. The van der Waals surface area contributed by atoms with E-state index in [-0.39, 0.29) is 6.03 Å². The zero-order valence-electron chi connectivity index (χ0n) is 17.2. The molecule has 0 unspecified atom stereocenters. The maximum atomic E-state index is 12.2. The van der Waals surface area contributed by atoms with Crippen LogP contribution in [0.5, 0.6) is 17.2 Å². The molecular formula is C23H30N2O4. The first-order chi connectivity index (χ1) is 14.2. The van der Waals surface area contributed by atoms with Gasteiger partial charge in [0.2, 0.25) is 0 Å². The van der Waals surface area contributed by atoms with E-state index in [1.54, 1.807) is 14.2 Å². The van der Waals surface area contributed by atoms with Gasteiger partial charge in [0.25, 0.3) is 0 Å². The normalized spacial score (nSPS) is 13.7. The molecule has 0 radical (unpaired) electrons. The van der Waals surface area contributed by atoms with Crippen LogP contribution < -0.4 is 24.8 Å². The molecule has 6 nitrogen and oxygen atoms in total. The number of para-hydroxylation sites is 1. The summed E-state index contributed by atoms with van der Waals surface area (Å²) in [6.07, 6.45) is 5.61. The lowest BCUT2D eigenvalue weighted by molar-refractivity contribution is 0.207. The van der Waals surface area contributed by atoms with Gasteiger partial charge in [-0.15, -0.1) is 0 Å². The molecule has 0 aromatic heterocycles. The summed E-state index contributed by atoms with van der Waals surface area (Å²) in [5.41, 5.74) is 1.98. The van der Waals surface area contributed by atoms with Gasteiger partial charge in [0.1, 0.15) is 17.2 Å². The van der Waals surface area contributed by atoms with Crippen molar-refractivity contribution in [3.05, 3.63) is 53.6 Å². The monoisotopic (exact) mass is 398 g/mol. The highest BCUT2D eigenvalue weighted by Gasteiger charge is 2.17. The van der Waals surface area contributed by atoms with Crippen LogP contribution in [-0.2, 0) is 13.0 Å². The summed E-state index contributed by atoms with van der Waals surface area (Å²) in [5.74, 6) is 2.41. The Labute approximate surface area is 172 Å². The van der Waals surface area contributed by atoms with Crippen molar-refractivity contribution in [2.45, 2.75) is 44.8 Å². The SMILES string of the molecule is COc1ccc(OC)c(CCNC(=O)NCc2ccccc2OC2CCCC2)c1. The van der Waals surface area contributed by atoms with E-state index in [1.165, 1.54) is 12.8 Å². The fourth-order valence-electron chi connectivity index (χ4n) is 3.58. The van der Waals surface area contributed by atoms with Crippen molar-refractivity contribution in [2.24, 2.45) is 0 Å². The van der Waals surface area contributed by atoms with Gasteiger partial charge in [0.15, 0.2) is 0 Å². The van der Waals surface area contributed by atoms with E-state index in [0.29, 0.717) is 25.6 Å². The van der Waals surface area contributed by atoms with Gasteiger partial charge in [0, 0.05) is 18.7 Å². The Kier molecular flexibility index (Phi) is 7.61. The molecule has 0 spiro atoms. The number of benzene rings is 2. The summed E-state index contributed by atoms with van der Waals surface area (Å²) in [6, 6.07) is 13.3. The third kappa shape index (κ3) is 6.04. The van der Waals surface area contributed by atoms with Gasteiger partial charge in [-0.2, -0.15) is 0 Å². The van der Waals surface area contributed by atoms with Crippen molar-refractivity contribution in [3.63, 3.8) is 0 Å². The number of nitrogens with one attached hydrogen (secondary N) is 2. The number of urea groups is 1. The number of carbonyl (C=O) groups excluding carboxylic acids is 1. The van der Waals surface area contributed by atoms with E-state index in [9.17, 15) is 4.79 Å². The number of amides is 2. The van der Waals surface area contributed by atoms with Crippen molar-refractivity contribution in [2.75, 3.05) is 20.8 Å². The van der Waals surface area contributed by atoms with E-state index < -0.39 is 0 Å². The predicted octanol–water partition coefficient (Wildman–Crippen LogP) is 4.07. The number of hydrogen-bond donors (Lipinski definition) is 2. The molecule has 2 N–H and O–H groups in total. The van der Waals surface area contributed by atoms with Gasteiger partial charge in [0.05, 0.1) is 20.3 Å². The van der Waals surface area contributed by atoms with Crippen LogP contribution >= 0.6 is 0 Å². The number of carbonyl (C=O) groups is 1. The summed E-state index contributed by atoms with van der Waals surface area (Å²) < 4.78 is 16.8. The Balaban J connectivity index is 1.47. The summed E-state index contributed by atoms with van der Waals surface area (Å²) in [5, 5.41) is 5.81. The number of methoxy groups -OCH3 is 2. The molecule has 3 rings (SSSR count). The fourth-order valence-corrected chi connectivity index (χ4v) is 3.58. The molecule has 2 amide bonds. The Bertz CT molecular complexity index is 803. The van der Waals surface area contributed by atoms with Crippen molar-refractivity contribution < 1.29 is 19.0 Å². The van der Waals surface area contributed by atoms with Crippen molar-refractivity contribution in [1.82, 2.24) is 10.6 Å². The highest BCUT2D eigenvalue weighted by molar-refractivity contribution is 5.73. The van der Waals surface area contributed by atoms with Gasteiger partial charge >= 0.3 is 6.03 Å². The van der Waals surface area contributed by atoms with Crippen LogP contribution in [-0.4, -0.2) is 32.9 Å². The average Bonchev–Trinajstić information content (AvgIpc) is 3.26. The van der Waals surface area contributed by atoms with Crippen LogP contribution in [0.1, 0.15) is 36.8 Å². The Hall–Kier alpha value is -2.89. The van der Waals surface area contributed by atoms with Crippen LogP contribution in [0.25, 0.3) is 0 Å². The van der Waals surface area contributed by atoms with Crippen LogP contribution in [0.3, 0.4) is 0 Å². The Morgan fingerprint density at radius 2 is 1.76 bits per heavy atom. The van der Waals surface area contributed by atoms with Gasteiger partial charge < -0.3 is 24.8 Å². The second-order valence-corrected chi connectivity index (χ2v) is 7.17. The lowest BCUT2D eigenvalue weighted by Crippen LogP contribution is -2.36. The quantitative estimate of drug-likeness (QED) is 0.668. The van der Waals surface area contributed by atoms with E-state index in [0.717, 1.165) is 41.2 Å². The predicted molar refractivity (Wildman–Crippen MR) is 113 cm³/mol. The Morgan fingerprint density at radius 1 is 0.966 bits per heavy atom. The first kappa shape index (κ1) is 20.8. The summed E-state index contributed by atoms with van der Waals surface area (Å²) in [7, 11) is 3.27. The highest BCUT2D eigenvalue weighted by atomic mass is 16.5. The highest BCUT2D eigenvalue weighted by Crippen LogP contribution is 2.27. The molecule has 29 heavy (non-hydrogen) atoms. The largest absolute Gasteiger partial charge is 0.497 e. The van der Waals surface area contributed by atoms with E-state index in [4.69, 9.17) is 14.2 Å². The third-order valence-corrected chi connectivity index (χ3v) is 5.18. The van der Waals surface area contributed by atoms with Gasteiger partial charge in [-0.05, 0) is 61.9 Å². The van der Waals surface area contributed by atoms with Gasteiger partial charge in [-0.25, -0.2) is 4.79 Å². The molecular weight excluding hydrogens is 368 g/mol. The van der Waals surface area contributed by atoms with Crippen LogP contribution in [0.4, 0.5) is 4.79 Å². The maximum Gasteiger partial charge on any atom is 0.315 e. The summed E-state index contributed by atoms with van der Waals surface area (Å²) in [6.45, 7) is 0.923. The molecule has 1 aliphatic carbocycles. The lowest BCUT2D eigenvalue weighted by atomic mass is 10.1. The molecule has 1 aliphatic rings. The number of hydrogen-bond acceptors (Lipinski definition) is 4. The second-order valence-electron chi connectivity index (χ2n) is 7.17. The summed E-state index contributed by atoms with van der Waals surface area (Å²) in [4.78, 5) is 12.2. The topological polar surface area (TPSA) is 68.8 Å². The standard InChI is InChI=1S/C23H30N2O4/c1-27-20-11-12-21(28-2)17(15-20)13-14-24-23(26)25-16-18-7-3-6-10-22(18)29-19-8-4-5-9-19/h3,6-7,10-12,15,19H,4-5,8-9,13-14,16H2,1-2H3,(H2,24,25,26). The zero-order valence-corrected chi connectivity index (χ0v) is 17.2. The van der Waals surface area contributed by atoms with Crippen LogP contribution in [0.15, 0.2) is 42.5 Å². The third-order valence-electron chi connectivity index (χ3n) is 5.18. The molecule has 156 valence electrons. The smallest absolute Gasteiger partial charge is 0.315 e. The van der Waals surface area contributed by atoms with E-state index >= 15 is 0 Å². The maximum absolute atomic E-state index is 12.2. The van der Waals surface area contributed by atoms with E-state index in [1.807, 2.05) is 42.5 Å². The number of ether oxygens (including phenoxy) is 3. The molecule has 0 bridgehead atoms. The van der Waals surface area contributed by atoms with Gasteiger partial charge in [-0.3, -0.25) is 0 Å². The minimum atomic E-state index is -0.206. The van der Waals surface area contributed by atoms with Crippen molar-refractivity contribution >= 4 is 6.03 Å². The number of rotatable bonds is 9. The average molecular weight is 399 g/mol. The molecule has 0 saturated heterocycles. The molecule has 0 aliphatic heterocycles. The second kappa shape index (κ2) is 10.6. The molecule has 0 heterocycles. The molecule has 6 heteroatoms. The molecule has 0 atom stereocenters. The van der Waals surface area contributed by atoms with Crippen LogP contribution in [0, 0.1) is 0 Å². The first-order valence-electron chi connectivity index (χ1n) is 10.2. The fraction of sp³-hybridized carbons (Fsp3) is 0.435.